The minimum atomic E-state index is 0.00500. The van der Waals surface area contributed by atoms with Crippen LogP contribution in [-0.2, 0) is 22.5 Å². The van der Waals surface area contributed by atoms with Crippen molar-refractivity contribution in [2.75, 3.05) is 12.4 Å². The first-order valence-corrected chi connectivity index (χ1v) is 12.4. The third kappa shape index (κ3) is 4.54. The lowest BCUT2D eigenvalue weighted by Crippen LogP contribution is -2.34. The zero-order valence-electron chi connectivity index (χ0n) is 17.2. The standard InChI is InChI=1S/C21H29N3O3S2/c1-3-16-13(2)29-19-18(16)20(26)24(11-15-9-6-10-27-15)21(23-19)28-12-17(25)22-14-7-4-5-8-14/h14-15H,3-12H2,1-2H3,(H,22,25). The predicted molar refractivity (Wildman–Crippen MR) is 118 cm³/mol. The van der Waals surface area contributed by atoms with E-state index in [-0.39, 0.29) is 23.3 Å². The topological polar surface area (TPSA) is 73.2 Å². The summed E-state index contributed by atoms with van der Waals surface area (Å²) in [6.45, 7) is 5.39. The first-order chi connectivity index (χ1) is 14.1. The normalized spacial score (nSPS) is 20.0. The maximum absolute atomic E-state index is 13.4. The van der Waals surface area contributed by atoms with Gasteiger partial charge in [-0.05, 0) is 44.6 Å². The fourth-order valence-corrected chi connectivity index (χ4v) is 6.36. The van der Waals surface area contributed by atoms with Crippen LogP contribution in [0.25, 0.3) is 10.2 Å². The molecule has 1 amide bonds. The van der Waals surface area contributed by atoms with E-state index >= 15 is 0 Å². The van der Waals surface area contributed by atoms with Gasteiger partial charge >= 0.3 is 0 Å². The lowest BCUT2D eigenvalue weighted by Gasteiger charge is -2.16. The van der Waals surface area contributed by atoms with Gasteiger partial charge in [0.25, 0.3) is 5.56 Å². The number of carbonyl (C=O) groups is 1. The summed E-state index contributed by atoms with van der Waals surface area (Å²) in [7, 11) is 0. The lowest BCUT2D eigenvalue weighted by molar-refractivity contribution is -0.119. The molecule has 29 heavy (non-hydrogen) atoms. The number of rotatable bonds is 7. The SMILES string of the molecule is CCc1c(C)sc2nc(SCC(=O)NC3CCCC3)n(CC3CCCO3)c(=O)c12. The van der Waals surface area contributed by atoms with Gasteiger partial charge in [0.2, 0.25) is 5.91 Å². The van der Waals surface area contributed by atoms with E-state index in [0.29, 0.717) is 17.7 Å². The molecule has 0 radical (unpaired) electrons. The van der Waals surface area contributed by atoms with Crippen LogP contribution in [0.5, 0.6) is 0 Å². The Morgan fingerprint density at radius 2 is 2.10 bits per heavy atom. The fraction of sp³-hybridized carbons (Fsp3) is 0.667. The summed E-state index contributed by atoms with van der Waals surface area (Å²) in [5.74, 6) is 0.307. The average molecular weight is 436 g/mol. The molecule has 6 nitrogen and oxygen atoms in total. The minimum absolute atomic E-state index is 0.00500. The number of hydrogen-bond acceptors (Lipinski definition) is 6. The number of hydrogen-bond donors (Lipinski definition) is 1. The van der Waals surface area contributed by atoms with Crippen LogP contribution >= 0.6 is 23.1 Å². The lowest BCUT2D eigenvalue weighted by atomic mass is 10.1. The number of aryl methyl sites for hydroxylation is 2. The van der Waals surface area contributed by atoms with Gasteiger partial charge in [0.1, 0.15) is 4.83 Å². The molecule has 0 spiro atoms. The Kier molecular flexibility index (Phi) is 6.61. The molecule has 2 fully saturated rings. The summed E-state index contributed by atoms with van der Waals surface area (Å²) >= 11 is 2.94. The van der Waals surface area contributed by atoms with Crippen LogP contribution in [0.4, 0.5) is 0 Å². The van der Waals surface area contributed by atoms with Gasteiger partial charge in [-0.3, -0.25) is 14.2 Å². The van der Waals surface area contributed by atoms with Gasteiger partial charge in [-0.1, -0.05) is 31.5 Å². The number of thioether (sulfide) groups is 1. The molecule has 2 aliphatic rings. The van der Waals surface area contributed by atoms with Crippen molar-refractivity contribution >= 4 is 39.2 Å². The number of carbonyl (C=O) groups excluding carboxylic acids is 1. The van der Waals surface area contributed by atoms with E-state index in [1.165, 1.54) is 24.6 Å². The van der Waals surface area contributed by atoms with Crippen molar-refractivity contribution in [3.05, 3.63) is 20.8 Å². The number of nitrogens with one attached hydrogen (secondary N) is 1. The third-order valence-corrected chi connectivity index (χ3v) is 7.91. The zero-order chi connectivity index (χ0) is 20.4. The minimum Gasteiger partial charge on any atom is -0.376 e. The Bertz CT molecular complexity index is 941. The van der Waals surface area contributed by atoms with Gasteiger partial charge in [-0.15, -0.1) is 11.3 Å². The molecule has 2 aromatic heterocycles. The maximum atomic E-state index is 13.4. The van der Waals surface area contributed by atoms with Gasteiger partial charge in [-0.25, -0.2) is 4.98 Å². The molecule has 1 N–H and O–H groups in total. The average Bonchev–Trinajstić information content (AvgIpc) is 3.44. The molecular weight excluding hydrogens is 406 g/mol. The molecule has 1 saturated carbocycles. The molecule has 4 rings (SSSR count). The largest absolute Gasteiger partial charge is 0.376 e. The van der Waals surface area contributed by atoms with E-state index in [9.17, 15) is 9.59 Å². The molecular formula is C21H29N3O3S2. The van der Waals surface area contributed by atoms with Crippen molar-refractivity contribution in [3.63, 3.8) is 0 Å². The van der Waals surface area contributed by atoms with E-state index in [0.717, 1.165) is 59.4 Å². The van der Waals surface area contributed by atoms with Crippen molar-refractivity contribution < 1.29 is 9.53 Å². The van der Waals surface area contributed by atoms with Gasteiger partial charge in [-0.2, -0.15) is 0 Å². The molecule has 1 aliphatic carbocycles. The molecule has 1 aliphatic heterocycles. The van der Waals surface area contributed by atoms with E-state index in [4.69, 9.17) is 9.72 Å². The number of fused-ring (bicyclic) bond motifs is 1. The number of ether oxygens (including phenoxy) is 1. The summed E-state index contributed by atoms with van der Waals surface area (Å²) in [5.41, 5.74) is 1.10. The van der Waals surface area contributed by atoms with E-state index in [1.54, 1.807) is 15.9 Å². The third-order valence-electron chi connectivity index (χ3n) is 5.89. The van der Waals surface area contributed by atoms with Crippen molar-refractivity contribution in [2.45, 2.75) is 82.6 Å². The monoisotopic (exact) mass is 435 g/mol. The van der Waals surface area contributed by atoms with Crippen molar-refractivity contribution in [3.8, 4) is 0 Å². The van der Waals surface area contributed by atoms with Crippen LogP contribution in [0.1, 0.15) is 55.9 Å². The highest BCUT2D eigenvalue weighted by atomic mass is 32.2. The second-order valence-electron chi connectivity index (χ2n) is 7.95. The second-order valence-corrected chi connectivity index (χ2v) is 10.1. The summed E-state index contributed by atoms with van der Waals surface area (Å²) in [4.78, 5) is 32.6. The molecule has 2 aromatic rings. The fourth-order valence-electron chi connectivity index (χ4n) is 4.39. The van der Waals surface area contributed by atoms with E-state index in [1.807, 2.05) is 0 Å². The van der Waals surface area contributed by atoms with Crippen LogP contribution in [0.2, 0.25) is 0 Å². The quantitative estimate of drug-likeness (QED) is 0.531. The maximum Gasteiger partial charge on any atom is 0.263 e. The van der Waals surface area contributed by atoms with Crippen LogP contribution < -0.4 is 10.9 Å². The Morgan fingerprint density at radius 1 is 1.31 bits per heavy atom. The van der Waals surface area contributed by atoms with Crippen LogP contribution in [0, 0.1) is 6.92 Å². The summed E-state index contributed by atoms with van der Waals surface area (Å²) in [6.07, 6.45) is 7.36. The Hall–Kier alpha value is -1.38. The van der Waals surface area contributed by atoms with Crippen LogP contribution in [0.15, 0.2) is 9.95 Å². The highest BCUT2D eigenvalue weighted by Crippen LogP contribution is 2.30. The molecule has 158 valence electrons. The van der Waals surface area contributed by atoms with Gasteiger partial charge in [0, 0.05) is 17.5 Å². The smallest absolute Gasteiger partial charge is 0.263 e. The highest BCUT2D eigenvalue weighted by Gasteiger charge is 2.23. The molecule has 3 heterocycles. The number of nitrogens with zero attached hydrogens (tertiary/aromatic N) is 2. The first kappa shape index (κ1) is 20.9. The number of aromatic nitrogens is 2. The van der Waals surface area contributed by atoms with Crippen molar-refractivity contribution in [1.82, 2.24) is 14.9 Å². The van der Waals surface area contributed by atoms with E-state index in [2.05, 4.69) is 19.2 Å². The number of thiophene rings is 1. The molecule has 1 atom stereocenters. The second kappa shape index (κ2) is 9.18. The first-order valence-electron chi connectivity index (χ1n) is 10.6. The molecule has 1 saturated heterocycles. The van der Waals surface area contributed by atoms with Crippen LogP contribution in [0.3, 0.4) is 0 Å². The Balaban J connectivity index is 1.61. The molecule has 8 heteroatoms. The van der Waals surface area contributed by atoms with Gasteiger partial charge in [0.15, 0.2) is 5.16 Å². The zero-order valence-corrected chi connectivity index (χ0v) is 18.8. The summed E-state index contributed by atoms with van der Waals surface area (Å²) in [6, 6.07) is 0.305. The predicted octanol–water partition coefficient (Wildman–Crippen LogP) is 3.66. The Labute approximate surface area is 179 Å². The summed E-state index contributed by atoms with van der Waals surface area (Å²) in [5, 5.41) is 4.49. The summed E-state index contributed by atoms with van der Waals surface area (Å²) < 4.78 is 7.53. The number of amides is 1. The van der Waals surface area contributed by atoms with Crippen molar-refractivity contribution in [2.24, 2.45) is 0 Å². The molecule has 0 bridgehead atoms. The molecule has 1 unspecified atom stereocenters. The highest BCUT2D eigenvalue weighted by molar-refractivity contribution is 7.99. The molecule has 0 aromatic carbocycles. The van der Waals surface area contributed by atoms with Crippen LogP contribution in [-0.4, -0.2) is 40.0 Å². The van der Waals surface area contributed by atoms with Crippen molar-refractivity contribution in [1.29, 1.82) is 0 Å². The Morgan fingerprint density at radius 3 is 2.79 bits per heavy atom. The van der Waals surface area contributed by atoms with Gasteiger partial charge < -0.3 is 10.1 Å². The van der Waals surface area contributed by atoms with Gasteiger partial charge in [0.05, 0.1) is 23.8 Å². The van der Waals surface area contributed by atoms with E-state index < -0.39 is 0 Å².